The van der Waals surface area contributed by atoms with E-state index in [1.807, 2.05) is 19.1 Å². The Labute approximate surface area is 145 Å². The fourth-order valence-corrected chi connectivity index (χ4v) is 2.81. The summed E-state index contributed by atoms with van der Waals surface area (Å²) in [4.78, 5) is 12.1. The van der Waals surface area contributed by atoms with Gasteiger partial charge in [0.25, 0.3) is 5.91 Å². The number of amides is 1. The van der Waals surface area contributed by atoms with Gasteiger partial charge in [0.1, 0.15) is 11.5 Å². The lowest BCUT2D eigenvalue weighted by molar-refractivity contribution is -0.127. The SMILES string of the molecule is CC[C@H](Oc1ccc(Cl)cc1)C(=O)NCCSCc1ccco1. The molecule has 2 rings (SSSR count). The predicted octanol–water partition coefficient (Wildman–Crippen LogP) is 4.14. The summed E-state index contributed by atoms with van der Waals surface area (Å²) in [7, 11) is 0. The van der Waals surface area contributed by atoms with Gasteiger partial charge in [-0.1, -0.05) is 18.5 Å². The first-order valence-corrected chi connectivity index (χ1v) is 9.02. The Balaban J connectivity index is 1.68. The third kappa shape index (κ3) is 6.20. The number of halogens is 1. The zero-order chi connectivity index (χ0) is 16.5. The van der Waals surface area contributed by atoms with Crippen molar-refractivity contribution in [2.24, 2.45) is 0 Å². The Kier molecular flexibility index (Phi) is 7.36. The van der Waals surface area contributed by atoms with E-state index in [1.54, 1.807) is 42.3 Å². The highest BCUT2D eigenvalue weighted by molar-refractivity contribution is 7.98. The van der Waals surface area contributed by atoms with Crippen molar-refractivity contribution in [3.05, 3.63) is 53.4 Å². The second-order valence-corrected chi connectivity index (χ2v) is 6.43. The minimum absolute atomic E-state index is 0.0963. The molecule has 0 aliphatic rings. The highest BCUT2D eigenvalue weighted by Crippen LogP contribution is 2.17. The fourth-order valence-electron chi connectivity index (χ4n) is 1.93. The van der Waals surface area contributed by atoms with E-state index in [0.717, 1.165) is 17.3 Å². The van der Waals surface area contributed by atoms with Crippen LogP contribution in [0, 0.1) is 0 Å². The Hall–Kier alpha value is -1.59. The van der Waals surface area contributed by atoms with Gasteiger partial charge in [0.2, 0.25) is 0 Å². The van der Waals surface area contributed by atoms with E-state index < -0.39 is 6.10 Å². The summed E-state index contributed by atoms with van der Waals surface area (Å²) in [6.45, 7) is 2.52. The van der Waals surface area contributed by atoms with Crippen LogP contribution in [0.4, 0.5) is 0 Å². The average Bonchev–Trinajstić information content (AvgIpc) is 3.07. The largest absolute Gasteiger partial charge is 0.481 e. The van der Waals surface area contributed by atoms with Crippen molar-refractivity contribution in [2.45, 2.75) is 25.2 Å². The molecule has 0 saturated carbocycles. The molecule has 0 fully saturated rings. The van der Waals surface area contributed by atoms with Crippen molar-refractivity contribution < 1.29 is 13.9 Å². The van der Waals surface area contributed by atoms with Crippen molar-refractivity contribution in [3.8, 4) is 5.75 Å². The Bertz CT molecular complexity index is 586. The molecule has 0 saturated heterocycles. The van der Waals surface area contributed by atoms with Crippen LogP contribution in [0.3, 0.4) is 0 Å². The van der Waals surface area contributed by atoms with Crippen molar-refractivity contribution in [2.75, 3.05) is 12.3 Å². The van der Waals surface area contributed by atoms with Gasteiger partial charge >= 0.3 is 0 Å². The van der Waals surface area contributed by atoms with Gasteiger partial charge in [0, 0.05) is 17.3 Å². The van der Waals surface area contributed by atoms with Gasteiger partial charge in [0.05, 0.1) is 12.0 Å². The summed E-state index contributed by atoms with van der Waals surface area (Å²) in [6, 6.07) is 10.8. The number of nitrogens with one attached hydrogen (secondary N) is 1. The van der Waals surface area contributed by atoms with Crippen LogP contribution >= 0.6 is 23.4 Å². The lowest BCUT2D eigenvalue weighted by Gasteiger charge is -2.17. The molecular weight excluding hydrogens is 334 g/mol. The van der Waals surface area contributed by atoms with E-state index in [-0.39, 0.29) is 5.91 Å². The Morgan fingerprint density at radius 2 is 2.13 bits per heavy atom. The van der Waals surface area contributed by atoms with Crippen LogP contribution < -0.4 is 10.1 Å². The van der Waals surface area contributed by atoms with Crippen LogP contribution in [0.25, 0.3) is 0 Å². The molecule has 1 heterocycles. The number of hydrogen-bond acceptors (Lipinski definition) is 4. The van der Waals surface area contributed by atoms with E-state index in [4.69, 9.17) is 20.8 Å². The zero-order valence-electron chi connectivity index (χ0n) is 13.0. The number of rotatable bonds is 9. The van der Waals surface area contributed by atoms with Gasteiger partial charge in [-0.05, 0) is 42.8 Å². The van der Waals surface area contributed by atoms with Crippen molar-refractivity contribution >= 4 is 29.3 Å². The smallest absolute Gasteiger partial charge is 0.261 e. The molecular formula is C17H20ClNO3S. The van der Waals surface area contributed by atoms with Crippen LogP contribution in [0.15, 0.2) is 47.1 Å². The van der Waals surface area contributed by atoms with Crippen LogP contribution in [0.1, 0.15) is 19.1 Å². The van der Waals surface area contributed by atoms with Crippen molar-refractivity contribution in [1.29, 1.82) is 0 Å². The first-order chi connectivity index (χ1) is 11.2. The molecule has 1 atom stereocenters. The second kappa shape index (κ2) is 9.53. The fraction of sp³-hybridized carbons (Fsp3) is 0.353. The third-order valence-corrected chi connectivity index (χ3v) is 4.36. The van der Waals surface area contributed by atoms with Crippen molar-refractivity contribution in [1.82, 2.24) is 5.32 Å². The normalized spacial score (nSPS) is 11.9. The van der Waals surface area contributed by atoms with Crippen LogP contribution in [0.5, 0.6) is 5.75 Å². The molecule has 0 aliphatic heterocycles. The average molecular weight is 354 g/mol. The van der Waals surface area contributed by atoms with Crippen LogP contribution in [-0.2, 0) is 10.5 Å². The number of benzene rings is 1. The summed E-state index contributed by atoms with van der Waals surface area (Å²) >= 11 is 7.55. The monoisotopic (exact) mass is 353 g/mol. The standard InChI is InChI=1S/C17H20ClNO3S/c1-2-16(22-14-7-5-13(18)6-8-14)17(20)19-9-11-23-12-15-4-3-10-21-15/h3-8,10,16H,2,9,11-12H2,1H3,(H,19,20)/t16-/m0/s1. The number of carbonyl (C=O) groups is 1. The molecule has 0 aliphatic carbocycles. The van der Waals surface area contributed by atoms with E-state index in [9.17, 15) is 4.79 Å². The van der Waals surface area contributed by atoms with Crippen LogP contribution in [-0.4, -0.2) is 24.3 Å². The molecule has 4 nitrogen and oxygen atoms in total. The second-order valence-electron chi connectivity index (χ2n) is 4.89. The lowest BCUT2D eigenvalue weighted by Crippen LogP contribution is -2.39. The van der Waals surface area contributed by atoms with Gasteiger partial charge in [-0.25, -0.2) is 0 Å². The molecule has 6 heteroatoms. The molecule has 0 unspecified atom stereocenters. The van der Waals surface area contributed by atoms with E-state index in [0.29, 0.717) is 23.7 Å². The lowest BCUT2D eigenvalue weighted by atomic mass is 10.2. The first kappa shape index (κ1) is 17.8. The minimum atomic E-state index is -0.494. The number of furan rings is 1. The van der Waals surface area contributed by atoms with Gasteiger partial charge < -0.3 is 14.5 Å². The maximum Gasteiger partial charge on any atom is 0.261 e. The number of thioether (sulfide) groups is 1. The Morgan fingerprint density at radius 1 is 1.35 bits per heavy atom. The summed E-state index contributed by atoms with van der Waals surface area (Å²) < 4.78 is 11.0. The molecule has 2 aromatic rings. The highest BCUT2D eigenvalue weighted by Gasteiger charge is 2.17. The zero-order valence-corrected chi connectivity index (χ0v) is 14.5. The quantitative estimate of drug-likeness (QED) is 0.688. The van der Waals surface area contributed by atoms with E-state index in [2.05, 4.69) is 5.32 Å². The molecule has 0 radical (unpaired) electrons. The van der Waals surface area contributed by atoms with Gasteiger partial charge in [-0.2, -0.15) is 11.8 Å². The summed E-state index contributed by atoms with van der Waals surface area (Å²) in [5, 5.41) is 3.55. The van der Waals surface area contributed by atoms with E-state index >= 15 is 0 Å². The van der Waals surface area contributed by atoms with Crippen LogP contribution in [0.2, 0.25) is 5.02 Å². The third-order valence-electron chi connectivity index (χ3n) is 3.13. The molecule has 1 aromatic heterocycles. The molecule has 1 aromatic carbocycles. The van der Waals surface area contributed by atoms with Gasteiger partial charge in [0.15, 0.2) is 6.10 Å². The summed E-state index contributed by atoms with van der Waals surface area (Å²) in [5.74, 6) is 3.12. The van der Waals surface area contributed by atoms with E-state index in [1.165, 1.54) is 0 Å². The molecule has 1 amide bonds. The van der Waals surface area contributed by atoms with Gasteiger partial charge in [-0.3, -0.25) is 4.79 Å². The maximum absolute atomic E-state index is 12.1. The summed E-state index contributed by atoms with van der Waals surface area (Å²) in [6.07, 6.45) is 1.78. The topological polar surface area (TPSA) is 51.5 Å². The molecule has 0 spiro atoms. The minimum Gasteiger partial charge on any atom is -0.481 e. The first-order valence-electron chi connectivity index (χ1n) is 7.49. The molecule has 1 N–H and O–H groups in total. The number of hydrogen-bond donors (Lipinski definition) is 1. The number of ether oxygens (including phenoxy) is 1. The molecule has 23 heavy (non-hydrogen) atoms. The molecule has 0 bridgehead atoms. The number of carbonyl (C=O) groups excluding carboxylic acids is 1. The van der Waals surface area contributed by atoms with Crippen molar-refractivity contribution in [3.63, 3.8) is 0 Å². The summed E-state index contributed by atoms with van der Waals surface area (Å²) in [5.41, 5.74) is 0. The Morgan fingerprint density at radius 3 is 2.78 bits per heavy atom. The highest BCUT2D eigenvalue weighted by atomic mass is 35.5. The maximum atomic E-state index is 12.1. The van der Waals surface area contributed by atoms with Gasteiger partial charge in [-0.15, -0.1) is 0 Å². The predicted molar refractivity (Wildman–Crippen MR) is 94.0 cm³/mol. The molecule has 124 valence electrons.